The predicted molar refractivity (Wildman–Crippen MR) is 86.0 cm³/mol. The summed E-state index contributed by atoms with van der Waals surface area (Å²) in [6, 6.07) is 0. The SMILES string of the molecule is CN1CCC2(C1)C1CC3CC(C1)CC2C3.O=C(O)/C=C\C(=O)O. The van der Waals surface area contributed by atoms with Crippen LogP contribution in [0.5, 0.6) is 0 Å². The molecule has 23 heavy (non-hydrogen) atoms. The largest absolute Gasteiger partial charge is 0.478 e. The molecular formula is C18H27NO4. The second kappa shape index (κ2) is 6.27. The number of hydrogen-bond acceptors (Lipinski definition) is 3. The van der Waals surface area contributed by atoms with Gasteiger partial charge >= 0.3 is 11.9 Å². The van der Waals surface area contributed by atoms with Crippen LogP contribution < -0.4 is 0 Å². The molecule has 5 heteroatoms. The van der Waals surface area contributed by atoms with Gasteiger partial charge in [-0.05, 0) is 81.2 Å². The molecule has 4 saturated carbocycles. The van der Waals surface area contributed by atoms with Gasteiger partial charge in [0.15, 0.2) is 0 Å². The second-order valence-electron chi connectivity index (χ2n) is 8.04. The molecule has 5 fully saturated rings. The van der Waals surface area contributed by atoms with E-state index in [-0.39, 0.29) is 0 Å². The molecule has 0 radical (unpaired) electrons. The molecule has 1 saturated heterocycles. The zero-order chi connectivity index (χ0) is 16.6. The molecule has 0 unspecified atom stereocenters. The van der Waals surface area contributed by atoms with Crippen LogP contribution in [0.2, 0.25) is 0 Å². The highest BCUT2D eigenvalue weighted by Gasteiger charge is 2.58. The number of likely N-dealkylation sites (tertiary alicyclic amines) is 1. The van der Waals surface area contributed by atoms with Gasteiger partial charge in [0.25, 0.3) is 0 Å². The molecule has 2 N–H and O–H groups in total. The summed E-state index contributed by atoms with van der Waals surface area (Å²) in [7, 11) is 2.33. The van der Waals surface area contributed by atoms with Crippen molar-refractivity contribution >= 4 is 11.9 Å². The first-order chi connectivity index (χ1) is 10.9. The molecule has 5 rings (SSSR count). The van der Waals surface area contributed by atoms with Gasteiger partial charge in [-0.3, -0.25) is 0 Å². The van der Waals surface area contributed by atoms with Crippen LogP contribution in [0, 0.1) is 29.1 Å². The summed E-state index contributed by atoms with van der Waals surface area (Å²) >= 11 is 0. The molecule has 0 aromatic heterocycles. The lowest BCUT2D eigenvalue weighted by molar-refractivity contribution is -0.134. The Balaban J connectivity index is 0.000000170. The molecule has 0 aromatic rings. The zero-order valence-electron chi connectivity index (χ0n) is 13.8. The zero-order valence-corrected chi connectivity index (χ0v) is 13.8. The number of aliphatic carboxylic acids is 2. The van der Waals surface area contributed by atoms with Gasteiger partial charge in [-0.15, -0.1) is 0 Å². The maximum atomic E-state index is 9.55. The Morgan fingerprint density at radius 2 is 1.43 bits per heavy atom. The minimum absolute atomic E-state index is 0.558. The maximum Gasteiger partial charge on any atom is 0.328 e. The third-order valence-electron chi connectivity index (χ3n) is 6.66. The number of nitrogens with zero attached hydrogens (tertiary/aromatic N) is 1. The highest BCUT2D eigenvalue weighted by atomic mass is 16.4. The molecule has 1 spiro atoms. The Hall–Kier alpha value is -1.36. The van der Waals surface area contributed by atoms with E-state index in [1.165, 1.54) is 19.5 Å². The monoisotopic (exact) mass is 321 g/mol. The van der Waals surface area contributed by atoms with E-state index in [4.69, 9.17) is 10.2 Å². The van der Waals surface area contributed by atoms with Gasteiger partial charge in [0.1, 0.15) is 0 Å². The van der Waals surface area contributed by atoms with Crippen LogP contribution in [0.15, 0.2) is 12.2 Å². The Morgan fingerprint density at radius 3 is 1.78 bits per heavy atom. The van der Waals surface area contributed by atoms with Crippen molar-refractivity contribution in [1.82, 2.24) is 4.90 Å². The van der Waals surface area contributed by atoms with Crippen molar-refractivity contribution in [3.63, 3.8) is 0 Å². The second-order valence-corrected chi connectivity index (χ2v) is 8.04. The molecule has 0 aromatic carbocycles. The first-order valence-corrected chi connectivity index (χ1v) is 8.71. The fourth-order valence-electron chi connectivity index (χ4n) is 5.99. The number of carboxylic acid groups (broad SMARTS) is 2. The third-order valence-corrected chi connectivity index (χ3v) is 6.66. The van der Waals surface area contributed by atoms with Crippen LogP contribution in [0.1, 0.15) is 38.5 Å². The molecule has 4 bridgehead atoms. The van der Waals surface area contributed by atoms with Crippen LogP contribution in [-0.2, 0) is 9.59 Å². The Labute approximate surface area is 137 Å². The molecular weight excluding hydrogens is 294 g/mol. The number of rotatable bonds is 2. The van der Waals surface area contributed by atoms with Crippen LogP contribution >= 0.6 is 0 Å². The Bertz CT molecular complexity index is 469. The van der Waals surface area contributed by atoms with E-state index in [1.807, 2.05) is 0 Å². The topological polar surface area (TPSA) is 77.8 Å². The fourth-order valence-corrected chi connectivity index (χ4v) is 5.99. The molecule has 128 valence electrons. The highest BCUT2D eigenvalue weighted by Crippen LogP contribution is 2.64. The Morgan fingerprint density at radius 1 is 0.957 bits per heavy atom. The van der Waals surface area contributed by atoms with Crippen molar-refractivity contribution in [1.29, 1.82) is 0 Å². The average Bonchev–Trinajstić information content (AvgIpc) is 2.86. The molecule has 5 aliphatic rings. The van der Waals surface area contributed by atoms with Crippen LogP contribution in [0.25, 0.3) is 0 Å². The summed E-state index contributed by atoms with van der Waals surface area (Å²) in [5.41, 5.74) is 0.794. The lowest BCUT2D eigenvalue weighted by Crippen LogP contribution is -2.53. The molecule has 1 aliphatic heterocycles. The van der Waals surface area contributed by atoms with Gasteiger partial charge in [-0.25, -0.2) is 9.59 Å². The summed E-state index contributed by atoms with van der Waals surface area (Å²) < 4.78 is 0. The summed E-state index contributed by atoms with van der Waals surface area (Å²) in [4.78, 5) is 21.7. The molecule has 0 atom stereocenters. The number of carbonyl (C=O) groups is 2. The first kappa shape index (κ1) is 16.5. The van der Waals surface area contributed by atoms with E-state index in [1.54, 1.807) is 32.1 Å². The molecule has 1 heterocycles. The summed E-state index contributed by atoms with van der Waals surface area (Å²) in [5.74, 6) is 2.02. The lowest BCUT2D eigenvalue weighted by atomic mass is 9.45. The van der Waals surface area contributed by atoms with Crippen molar-refractivity contribution in [3.8, 4) is 0 Å². The van der Waals surface area contributed by atoms with Crippen molar-refractivity contribution in [2.75, 3.05) is 20.1 Å². The normalized spacial score (nSPS) is 41.3. The van der Waals surface area contributed by atoms with Crippen molar-refractivity contribution < 1.29 is 19.8 Å². The van der Waals surface area contributed by atoms with Crippen molar-refractivity contribution in [2.24, 2.45) is 29.1 Å². The molecule has 5 nitrogen and oxygen atoms in total. The summed E-state index contributed by atoms with van der Waals surface area (Å²) in [6.07, 6.45) is 10.6. The van der Waals surface area contributed by atoms with Crippen LogP contribution in [0.4, 0.5) is 0 Å². The number of carboxylic acids is 2. The van der Waals surface area contributed by atoms with Crippen molar-refractivity contribution in [3.05, 3.63) is 12.2 Å². The van der Waals surface area contributed by atoms with E-state index in [9.17, 15) is 9.59 Å². The smallest absolute Gasteiger partial charge is 0.328 e. The first-order valence-electron chi connectivity index (χ1n) is 8.71. The summed E-state index contributed by atoms with van der Waals surface area (Å²) in [5, 5.41) is 15.6. The summed E-state index contributed by atoms with van der Waals surface area (Å²) in [6.45, 7) is 2.81. The average molecular weight is 321 g/mol. The highest BCUT2D eigenvalue weighted by molar-refractivity contribution is 5.89. The predicted octanol–water partition coefficient (Wildman–Crippen LogP) is 2.48. The fraction of sp³-hybridized carbons (Fsp3) is 0.778. The van der Waals surface area contributed by atoms with E-state index in [2.05, 4.69) is 11.9 Å². The van der Waals surface area contributed by atoms with Gasteiger partial charge in [-0.2, -0.15) is 0 Å². The van der Waals surface area contributed by atoms with Gasteiger partial charge in [0, 0.05) is 18.7 Å². The number of hydrogen-bond donors (Lipinski definition) is 2. The van der Waals surface area contributed by atoms with E-state index < -0.39 is 11.9 Å². The van der Waals surface area contributed by atoms with Gasteiger partial charge in [-0.1, -0.05) is 0 Å². The minimum Gasteiger partial charge on any atom is -0.478 e. The van der Waals surface area contributed by atoms with E-state index in [0.29, 0.717) is 12.2 Å². The third kappa shape index (κ3) is 3.30. The molecule has 0 amide bonds. The van der Waals surface area contributed by atoms with Crippen LogP contribution in [-0.4, -0.2) is 47.2 Å². The Kier molecular flexibility index (Phi) is 4.50. The van der Waals surface area contributed by atoms with Gasteiger partial charge < -0.3 is 15.1 Å². The van der Waals surface area contributed by atoms with E-state index in [0.717, 1.165) is 29.1 Å². The van der Waals surface area contributed by atoms with Crippen LogP contribution in [0.3, 0.4) is 0 Å². The maximum absolute atomic E-state index is 9.55. The van der Waals surface area contributed by atoms with Gasteiger partial charge in [0.05, 0.1) is 0 Å². The van der Waals surface area contributed by atoms with Gasteiger partial charge in [0.2, 0.25) is 0 Å². The standard InChI is InChI=1S/C14H23N.C4H4O4/c1-15-3-2-14(9-15)12-5-10-4-11(7-12)8-13(14)6-10;5-3(6)1-2-4(7)8/h10-13H,2-9H2,1H3;1-2H,(H,5,6)(H,7,8)/b;2-1-. The molecule has 4 aliphatic carbocycles. The minimum atomic E-state index is -1.26. The quantitative estimate of drug-likeness (QED) is 0.764. The lowest BCUT2D eigenvalue weighted by Gasteiger charge is -2.60. The van der Waals surface area contributed by atoms with Crippen molar-refractivity contribution in [2.45, 2.75) is 38.5 Å². The van der Waals surface area contributed by atoms with E-state index >= 15 is 0 Å².